The molecule has 0 saturated heterocycles. The van der Waals surface area contributed by atoms with Crippen LogP contribution in [-0.4, -0.2) is 23.7 Å². The second kappa shape index (κ2) is 5.68. The molecule has 1 aliphatic rings. The minimum atomic E-state index is -3.64. The monoisotopic (exact) mass is 387 g/mol. The van der Waals surface area contributed by atoms with Gasteiger partial charge in [-0.25, -0.2) is 13.4 Å². The van der Waals surface area contributed by atoms with Crippen LogP contribution >= 0.6 is 27.3 Å². The molecule has 1 fully saturated rings. The number of thiophene rings is 1. The van der Waals surface area contributed by atoms with Crippen molar-refractivity contribution in [1.29, 1.82) is 0 Å². The number of nitrogens with zero attached hydrogens (tertiary/aromatic N) is 2. The van der Waals surface area contributed by atoms with E-state index < -0.39 is 10.0 Å². The summed E-state index contributed by atoms with van der Waals surface area (Å²) in [6, 6.07) is 5.45. The Hall–Kier alpha value is -0.960. The van der Waals surface area contributed by atoms with Crippen molar-refractivity contribution in [2.75, 3.05) is 5.73 Å². The van der Waals surface area contributed by atoms with Gasteiger partial charge in [0.1, 0.15) is 10.7 Å². The summed E-state index contributed by atoms with van der Waals surface area (Å²) in [7, 11) is -3.64. The molecule has 0 aliphatic heterocycles. The molecular weight excluding hydrogens is 374 g/mol. The van der Waals surface area contributed by atoms with Gasteiger partial charge in [0.05, 0.1) is 0 Å². The van der Waals surface area contributed by atoms with Crippen LogP contribution < -0.4 is 5.73 Å². The van der Waals surface area contributed by atoms with E-state index in [4.69, 9.17) is 5.73 Å². The summed E-state index contributed by atoms with van der Waals surface area (Å²) in [4.78, 5) is 5.02. The van der Waals surface area contributed by atoms with Gasteiger partial charge in [-0.05, 0) is 46.3 Å². The van der Waals surface area contributed by atoms with Gasteiger partial charge in [0.2, 0.25) is 10.0 Å². The van der Waals surface area contributed by atoms with Crippen molar-refractivity contribution < 1.29 is 8.42 Å². The molecule has 21 heavy (non-hydrogen) atoms. The zero-order valence-corrected chi connectivity index (χ0v) is 14.3. The Labute approximate surface area is 136 Å². The number of aromatic nitrogens is 1. The van der Waals surface area contributed by atoms with E-state index in [0.29, 0.717) is 11.0 Å². The van der Waals surface area contributed by atoms with E-state index in [1.807, 2.05) is 17.5 Å². The van der Waals surface area contributed by atoms with Gasteiger partial charge < -0.3 is 5.73 Å². The Kier molecular flexibility index (Phi) is 4.04. The summed E-state index contributed by atoms with van der Waals surface area (Å²) in [5, 5.41) is 1.95. The molecule has 8 heteroatoms. The number of pyridine rings is 1. The largest absolute Gasteiger partial charge is 0.383 e. The van der Waals surface area contributed by atoms with Gasteiger partial charge in [-0.3, -0.25) is 0 Å². The number of halogens is 1. The molecule has 5 nitrogen and oxygen atoms in total. The first kappa shape index (κ1) is 15.0. The summed E-state index contributed by atoms with van der Waals surface area (Å²) in [6.07, 6.45) is 3.28. The van der Waals surface area contributed by atoms with Crippen LogP contribution in [0.25, 0.3) is 0 Å². The predicted molar refractivity (Wildman–Crippen MR) is 86.4 cm³/mol. The number of hydrogen-bond donors (Lipinski definition) is 1. The maximum atomic E-state index is 12.9. The zero-order valence-electron chi connectivity index (χ0n) is 11.1. The van der Waals surface area contributed by atoms with E-state index in [0.717, 1.165) is 17.7 Å². The summed E-state index contributed by atoms with van der Waals surface area (Å²) in [5.74, 6) is 0.0371. The van der Waals surface area contributed by atoms with E-state index in [2.05, 4.69) is 20.9 Å². The summed E-state index contributed by atoms with van der Waals surface area (Å²) >= 11 is 4.81. The van der Waals surface area contributed by atoms with Crippen molar-refractivity contribution in [2.24, 2.45) is 0 Å². The molecule has 2 aromatic heterocycles. The summed E-state index contributed by atoms with van der Waals surface area (Å²) in [6.45, 7) is 0.386. The molecule has 112 valence electrons. The van der Waals surface area contributed by atoms with E-state index in [1.54, 1.807) is 15.6 Å². The number of nitrogen functional groups attached to an aromatic ring is 1. The van der Waals surface area contributed by atoms with Crippen LogP contribution in [0, 0.1) is 0 Å². The highest BCUT2D eigenvalue weighted by Crippen LogP contribution is 2.35. The number of sulfonamides is 1. The van der Waals surface area contributed by atoms with Crippen LogP contribution in [-0.2, 0) is 16.6 Å². The maximum absolute atomic E-state index is 12.9. The summed E-state index contributed by atoms with van der Waals surface area (Å²) in [5.41, 5.74) is 5.77. The van der Waals surface area contributed by atoms with Gasteiger partial charge in [0.25, 0.3) is 0 Å². The second-order valence-corrected chi connectivity index (χ2v) is 8.70. The van der Waals surface area contributed by atoms with Crippen molar-refractivity contribution >= 4 is 43.1 Å². The average molecular weight is 388 g/mol. The zero-order chi connectivity index (χ0) is 15.0. The third-order valence-electron chi connectivity index (χ3n) is 3.28. The Balaban J connectivity index is 1.99. The number of nitrogens with two attached hydrogens (primary N) is 1. The first-order chi connectivity index (χ1) is 9.98. The van der Waals surface area contributed by atoms with E-state index in [9.17, 15) is 8.42 Å². The third kappa shape index (κ3) is 3.13. The molecule has 0 aromatic carbocycles. The third-order valence-corrected chi connectivity index (χ3v) is 6.50. The van der Waals surface area contributed by atoms with Gasteiger partial charge in [-0.1, -0.05) is 6.07 Å². The smallest absolute Gasteiger partial charge is 0.247 e. The minimum absolute atomic E-state index is 0.0371. The molecule has 0 spiro atoms. The number of rotatable bonds is 5. The first-order valence-electron chi connectivity index (χ1n) is 6.44. The molecule has 0 amide bonds. The van der Waals surface area contributed by atoms with Crippen LogP contribution in [0.5, 0.6) is 0 Å². The van der Waals surface area contributed by atoms with Gasteiger partial charge >= 0.3 is 0 Å². The molecule has 3 rings (SSSR count). The minimum Gasteiger partial charge on any atom is -0.383 e. The fourth-order valence-corrected chi connectivity index (χ4v) is 5.12. The van der Waals surface area contributed by atoms with Crippen molar-refractivity contribution in [3.8, 4) is 0 Å². The van der Waals surface area contributed by atoms with E-state index in [-0.39, 0.29) is 16.8 Å². The molecule has 0 bridgehead atoms. The van der Waals surface area contributed by atoms with Gasteiger partial charge in [-0.15, -0.1) is 11.3 Å². The molecule has 1 saturated carbocycles. The SMILES string of the molecule is Nc1ncc(Br)cc1S(=O)(=O)N(Cc1cccs1)C1CC1. The van der Waals surface area contributed by atoms with Gasteiger partial charge in [-0.2, -0.15) is 4.31 Å². The lowest BCUT2D eigenvalue weighted by Crippen LogP contribution is -2.33. The van der Waals surface area contributed by atoms with Crippen molar-refractivity contribution in [3.63, 3.8) is 0 Å². The predicted octanol–water partition coefficient (Wildman–Crippen LogP) is 2.84. The standard InChI is InChI=1S/C13H14BrN3O2S2/c14-9-6-12(13(15)16-7-9)21(18,19)17(10-3-4-10)8-11-2-1-5-20-11/h1-2,5-7,10H,3-4,8H2,(H2,15,16). The molecule has 2 aromatic rings. The quantitative estimate of drug-likeness (QED) is 0.855. The highest BCUT2D eigenvalue weighted by atomic mass is 79.9. The molecule has 1 aliphatic carbocycles. The Morgan fingerprint density at radius 3 is 2.86 bits per heavy atom. The molecule has 0 unspecified atom stereocenters. The number of anilines is 1. The molecule has 0 radical (unpaired) electrons. The molecular formula is C13H14BrN3O2S2. The van der Waals surface area contributed by atoms with Crippen LogP contribution in [0.1, 0.15) is 17.7 Å². The average Bonchev–Trinajstić information content (AvgIpc) is 3.14. The van der Waals surface area contributed by atoms with Crippen LogP contribution in [0.4, 0.5) is 5.82 Å². The molecule has 0 atom stereocenters. The highest BCUT2D eigenvalue weighted by molar-refractivity contribution is 9.10. The maximum Gasteiger partial charge on any atom is 0.247 e. The van der Waals surface area contributed by atoms with Gasteiger partial charge in [0.15, 0.2) is 0 Å². The molecule has 2 N–H and O–H groups in total. The fraction of sp³-hybridized carbons (Fsp3) is 0.308. The van der Waals surface area contributed by atoms with Crippen molar-refractivity contribution in [2.45, 2.75) is 30.3 Å². The Morgan fingerprint density at radius 1 is 1.48 bits per heavy atom. The topological polar surface area (TPSA) is 76.3 Å². The lowest BCUT2D eigenvalue weighted by molar-refractivity contribution is 0.401. The fourth-order valence-electron chi connectivity index (χ4n) is 2.09. The Morgan fingerprint density at radius 2 is 2.24 bits per heavy atom. The normalized spacial score (nSPS) is 15.5. The van der Waals surface area contributed by atoms with Crippen LogP contribution in [0.2, 0.25) is 0 Å². The molecule has 2 heterocycles. The van der Waals surface area contributed by atoms with Crippen molar-refractivity contribution in [3.05, 3.63) is 39.1 Å². The van der Waals surface area contributed by atoms with Crippen LogP contribution in [0.3, 0.4) is 0 Å². The van der Waals surface area contributed by atoms with E-state index in [1.165, 1.54) is 12.3 Å². The van der Waals surface area contributed by atoms with Gasteiger partial charge in [0, 0.05) is 28.1 Å². The lowest BCUT2D eigenvalue weighted by Gasteiger charge is -2.22. The highest BCUT2D eigenvalue weighted by Gasteiger charge is 2.39. The first-order valence-corrected chi connectivity index (χ1v) is 9.55. The Bertz CT molecular complexity index is 743. The lowest BCUT2D eigenvalue weighted by atomic mass is 10.4. The van der Waals surface area contributed by atoms with Crippen molar-refractivity contribution in [1.82, 2.24) is 9.29 Å². The second-order valence-electron chi connectivity index (χ2n) is 4.90. The van der Waals surface area contributed by atoms with E-state index >= 15 is 0 Å². The van der Waals surface area contributed by atoms with Crippen LogP contribution in [0.15, 0.2) is 39.1 Å². The number of hydrogen-bond acceptors (Lipinski definition) is 5. The summed E-state index contributed by atoms with van der Waals surface area (Å²) < 4.78 is 27.9.